The molecule has 0 aliphatic carbocycles. The van der Waals surface area contributed by atoms with Crippen molar-refractivity contribution in [3.05, 3.63) is 11.9 Å². The molecule has 1 aromatic heterocycles. The van der Waals surface area contributed by atoms with Crippen molar-refractivity contribution in [1.29, 1.82) is 0 Å². The van der Waals surface area contributed by atoms with Crippen LogP contribution in [0, 0.1) is 0 Å². The van der Waals surface area contributed by atoms with Crippen LogP contribution in [0.3, 0.4) is 0 Å². The third-order valence-electron chi connectivity index (χ3n) is 2.58. The van der Waals surface area contributed by atoms with E-state index in [0.717, 1.165) is 26.1 Å². The lowest BCUT2D eigenvalue weighted by atomic mass is 10.4. The van der Waals surface area contributed by atoms with Crippen LogP contribution in [0.1, 0.15) is 16.9 Å². The zero-order valence-electron chi connectivity index (χ0n) is 10.9. The molecule has 1 heterocycles. The molecule has 4 N–H and O–H groups in total. The van der Waals surface area contributed by atoms with Crippen molar-refractivity contribution >= 4 is 5.91 Å². The van der Waals surface area contributed by atoms with Crippen LogP contribution < -0.4 is 16.6 Å². The molecule has 0 spiro atoms. The highest BCUT2D eigenvalue weighted by Gasteiger charge is 2.08. The topological polar surface area (TPSA) is 101 Å². The van der Waals surface area contributed by atoms with Gasteiger partial charge in [-0.15, -0.1) is 5.10 Å². The van der Waals surface area contributed by atoms with E-state index in [1.54, 1.807) is 10.9 Å². The Morgan fingerprint density at radius 3 is 3.00 bits per heavy atom. The summed E-state index contributed by atoms with van der Waals surface area (Å²) in [6, 6.07) is 0. The summed E-state index contributed by atoms with van der Waals surface area (Å²) in [4.78, 5) is 13.4. The number of rotatable bonds is 8. The molecule has 1 aromatic rings. The molecule has 8 heteroatoms. The molecule has 0 saturated carbocycles. The molecule has 0 atom stereocenters. The van der Waals surface area contributed by atoms with Gasteiger partial charge in [0.25, 0.3) is 5.91 Å². The molecule has 1 amide bonds. The fourth-order valence-corrected chi connectivity index (χ4v) is 1.50. The second kappa shape index (κ2) is 7.75. The molecule has 0 fully saturated rings. The summed E-state index contributed by atoms with van der Waals surface area (Å²) < 4.78 is 1.64. The first-order valence-electron chi connectivity index (χ1n) is 5.91. The van der Waals surface area contributed by atoms with Crippen molar-refractivity contribution < 1.29 is 4.79 Å². The second-order valence-corrected chi connectivity index (χ2v) is 4.10. The highest BCUT2D eigenvalue weighted by molar-refractivity contribution is 5.91. The van der Waals surface area contributed by atoms with Crippen LogP contribution in [0.5, 0.6) is 0 Å². The van der Waals surface area contributed by atoms with Crippen LogP contribution in [0.15, 0.2) is 6.20 Å². The fraction of sp³-hybridized carbons (Fsp3) is 0.700. The first-order chi connectivity index (χ1) is 8.67. The van der Waals surface area contributed by atoms with Crippen LogP contribution in [0.2, 0.25) is 0 Å². The van der Waals surface area contributed by atoms with Gasteiger partial charge in [-0.05, 0) is 33.6 Å². The third-order valence-corrected chi connectivity index (χ3v) is 2.58. The van der Waals surface area contributed by atoms with E-state index in [1.807, 2.05) is 12.5 Å². The summed E-state index contributed by atoms with van der Waals surface area (Å²) in [6.07, 6.45) is 2.69. The minimum absolute atomic E-state index is 0.232. The standard InChI is InChI=1S/C10H21N7O/c1-12-4-3-5-16(2)6-7-17-8-9(14-15-17)10(18)13-11/h8,12H,3-7,11H2,1-2H3,(H,13,18). The molecule has 102 valence electrons. The van der Waals surface area contributed by atoms with Crippen molar-refractivity contribution in [3.8, 4) is 0 Å². The van der Waals surface area contributed by atoms with Crippen LogP contribution in [0.4, 0.5) is 0 Å². The second-order valence-electron chi connectivity index (χ2n) is 4.10. The highest BCUT2D eigenvalue weighted by atomic mass is 16.2. The van der Waals surface area contributed by atoms with E-state index >= 15 is 0 Å². The van der Waals surface area contributed by atoms with Crippen molar-refractivity contribution in [2.45, 2.75) is 13.0 Å². The van der Waals surface area contributed by atoms with Gasteiger partial charge in [-0.25, -0.2) is 5.84 Å². The number of nitrogen functional groups attached to an aromatic ring is 1. The number of likely N-dealkylation sites (N-methyl/N-ethyl adjacent to an activating group) is 1. The Balaban J connectivity index is 2.30. The maximum Gasteiger partial charge on any atom is 0.287 e. The number of aromatic nitrogens is 3. The van der Waals surface area contributed by atoms with Crippen LogP contribution in [-0.2, 0) is 6.54 Å². The number of carbonyl (C=O) groups excluding carboxylic acids is 1. The molecule has 0 radical (unpaired) electrons. The monoisotopic (exact) mass is 255 g/mol. The zero-order chi connectivity index (χ0) is 13.4. The van der Waals surface area contributed by atoms with Crippen LogP contribution in [-0.4, -0.2) is 59.5 Å². The van der Waals surface area contributed by atoms with Crippen LogP contribution in [0.25, 0.3) is 0 Å². The lowest BCUT2D eigenvalue weighted by Crippen LogP contribution is -2.30. The first-order valence-corrected chi connectivity index (χ1v) is 5.91. The van der Waals surface area contributed by atoms with Gasteiger partial charge >= 0.3 is 0 Å². The summed E-state index contributed by atoms with van der Waals surface area (Å²) >= 11 is 0. The highest BCUT2D eigenvalue weighted by Crippen LogP contribution is 1.94. The van der Waals surface area contributed by atoms with E-state index in [4.69, 9.17) is 5.84 Å². The Morgan fingerprint density at radius 1 is 1.56 bits per heavy atom. The Morgan fingerprint density at radius 2 is 2.33 bits per heavy atom. The smallest absolute Gasteiger partial charge is 0.287 e. The SMILES string of the molecule is CNCCCN(C)CCn1cc(C(=O)NN)nn1. The Bertz CT molecular complexity index is 365. The number of hydrazine groups is 1. The quantitative estimate of drug-likeness (QED) is 0.224. The number of nitrogens with zero attached hydrogens (tertiary/aromatic N) is 4. The summed E-state index contributed by atoms with van der Waals surface area (Å²) in [5, 5.41) is 10.7. The maximum atomic E-state index is 11.2. The molecule has 0 aliphatic rings. The minimum atomic E-state index is -0.427. The van der Waals surface area contributed by atoms with Gasteiger partial charge in [-0.3, -0.25) is 14.9 Å². The fourth-order valence-electron chi connectivity index (χ4n) is 1.50. The van der Waals surface area contributed by atoms with Gasteiger partial charge in [0.1, 0.15) is 0 Å². The minimum Gasteiger partial charge on any atom is -0.320 e. The molecule has 0 aromatic carbocycles. The van der Waals surface area contributed by atoms with E-state index in [2.05, 4.69) is 27.6 Å². The largest absolute Gasteiger partial charge is 0.320 e. The number of hydrogen-bond acceptors (Lipinski definition) is 6. The molecule has 0 unspecified atom stereocenters. The third kappa shape index (κ3) is 4.78. The Kier molecular flexibility index (Phi) is 6.26. The number of nitrogens with one attached hydrogen (secondary N) is 2. The van der Waals surface area contributed by atoms with E-state index in [1.165, 1.54) is 0 Å². The lowest BCUT2D eigenvalue weighted by molar-refractivity contribution is 0.0948. The maximum absolute atomic E-state index is 11.2. The van der Waals surface area contributed by atoms with E-state index in [-0.39, 0.29) is 5.69 Å². The average molecular weight is 255 g/mol. The average Bonchev–Trinajstić information content (AvgIpc) is 2.84. The molecular weight excluding hydrogens is 234 g/mol. The van der Waals surface area contributed by atoms with E-state index in [9.17, 15) is 4.79 Å². The molecule has 18 heavy (non-hydrogen) atoms. The molecule has 1 rings (SSSR count). The van der Waals surface area contributed by atoms with Gasteiger partial charge in [0.2, 0.25) is 0 Å². The van der Waals surface area contributed by atoms with Crippen molar-refractivity contribution in [2.75, 3.05) is 33.7 Å². The van der Waals surface area contributed by atoms with Gasteiger partial charge < -0.3 is 10.2 Å². The van der Waals surface area contributed by atoms with Gasteiger partial charge in [-0.1, -0.05) is 5.21 Å². The number of carbonyl (C=O) groups is 1. The molecule has 0 aliphatic heterocycles. The van der Waals surface area contributed by atoms with E-state index in [0.29, 0.717) is 6.54 Å². The normalized spacial score (nSPS) is 10.9. The zero-order valence-corrected chi connectivity index (χ0v) is 10.9. The summed E-state index contributed by atoms with van der Waals surface area (Å²) in [6.45, 7) is 3.58. The lowest BCUT2D eigenvalue weighted by Gasteiger charge is -2.15. The predicted molar refractivity (Wildman–Crippen MR) is 67.7 cm³/mol. The van der Waals surface area contributed by atoms with Crippen LogP contribution >= 0.6 is 0 Å². The first kappa shape index (κ1) is 14.6. The predicted octanol–water partition coefficient (Wildman–Crippen LogP) is -1.58. The number of nitrogens with two attached hydrogens (primary N) is 1. The van der Waals surface area contributed by atoms with Gasteiger partial charge in [0.05, 0.1) is 12.7 Å². The van der Waals surface area contributed by atoms with E-state index < -0.39 is 5.91 Å². The van der Waals surface area contributed by atoms with Gasteiger partial charge in [-0.2, -0.15) is 0 Å². The summed E-state index contributed by atoms with van der Waals surface area (Å²) in [7, 11) is 4.00. The number of amides is 1. The molecule has 0 saturated heterocycles. The van der Waals surface area contributed by atoms with Gasteiger partial charge in [0.15, 0.2) is 5.69 Å². The summed E-state index contributed by atoms with van der Waals surface area (Å²) in [5.74, 6) is 4.59. The van der Waals surface area contributed by atoms with Crippen molar-refractivity contribution in [1.82, 2.24) is 30.6 Å². The van der Waals surface area contributed by atoms with Crippen molar-refractivity contribution in [2.24, 2.45) is 5.84 Å². The molecule has 0 bridgehead atoms. The number of hydrogen-bond donors (Lipinski definition) is 3. The Labute approximate surface area is 106 Å². The van der Waals surface area contributed by atoms with Crippen molar-refractivity contribution in [3.63, 3.8) is 0 Å². The Hall–Kier alpha value is -1.51. The molecular formula is C10H21N7O. The van der Waals surface area contributed by atoms with Gasteiger partial charge in [0, 0.05) is 6.54 Å². The molecule has 8 nitrogen and oxygen atoms in total. The summed E-state index contributed by atoms with van der Waals surface area (Å²) in [5.41, 5.74) is 2.25.